The van der Waals surface area contributed by atoms with Crippen molar-refractivity contribution >= 4 is 5.91 Å². The summed E-state index contributed by atoms with van der Waals surface area (Å²) in [6.07, 6.45) is 0. The molecule has 0 aromatic heterocycles. The third kappa shape index (κ3) is 5.44. The van der Waals surface area contributed by atoms with Crippen molar-refractivity contribution in [3.05, 3.63) is 0 Å². The number of amides is 1. The molecule has 5 heteroatoms. The quantitative estimate of drug-likeness (QED) is 0.649. The van der Waals surface area contributed by atoms with Crippen molar-refractivity contribution in [2.45, 2.75) is 0 Å². The molecule has 1 heterocycles. The second-order valence-electron chi connectivity index (χ2n) is 4.73. The van der Waals surface area contributed by atoms with Gasteiger partial charge in [0.25, 0.3) is 0 Å². The average molecular weight is 228 g/mol. The van der Waals surface area contributed by atoms with Gasteiger partial charge >= 0.3 is 0 Å². The van der Waals surface area contributed by atoms with Crippen molar-refractivity contribution < 1.29 is 4.79 Å². The standard InChI is InChI=1S/C11H24N4O/c1-13(2)5-4-12-11(16)10-15-8-6-14(3)7-9-15/h4-10H2,1-3H3,(H,12,16). The summed E-state index contributed by atoms with van der Waals surface area (Å²) in [6.45, 7) is 6.29. The molecule has 0 spiro atoms. The first-order valence-electron chi connectivity index (χ1n) is 5.90. The fourth-order valence-corrected chi connectivity index (χ4v) is 1.68. The Bertz CT molecular complexity index is 212. The predicted octanol–water partition coefficient (Wildman–Crippen LogP) is -1.09. The molecule has 0 aromatic carbocycles. The van der Waals surface area contributed by atoms with Crippen LogP contribution in [0.3, 0.4) is 0 Å². The van der Waals surface area contributed by atoms with Crippen LogP contribution in [0.25, 0.3) is 0 Å². The molecule has 0 atom stereocenters. The Labute approximate surface area is 98.4 Å². The third-order valence-corrected chi connectivity index (χ3v) is 2.84. The molecule has 1 amide bonds. The molecule has 0 radical (unpaired) electrons. The van der Waals surface area contributed by atoms with Gasteiger partial charge in [0.2, 0.25) is 5.91 Å². The van der Waals surface area contributed by atoms with Crippen LogP contribution in [0.15, 0.2) is 0 Å². The van der Waals surface area contributed by atoms with Crippen molar-refractivity contribution in [1.82, 2.24) is 20.0 Å². The highest BCUT2D eigenvalue weighted by Gasteiger charge is 2.15. The predicted molar refractivity (Wildman–Crippen MR) is 65.5 cm³/mol. The number of likely N-dealkylation sites (N-methyl/N-ethyl adjacent to an activating group) is 2. The van der Waals surface area contributed by atoms with Gasteiger partial charge in [0, 0.05) is 39.3 Å². The Hall–Kier alpha value is -0.650. The van der Waals surface area contributed by atoms with Gasteiger partial charge < -0.3 is 15.1 Å². The summed E-state index contributed by atoms with van der Waals surface area (Å²) in [7, 11) is 6.13. The lowest BCUT2D eigenvalue weighted by molar-refractivity contribution is -0.122. The molecule has 0 aliphatic carbocycles. The van der Waals surface area contributed by atoms with E-state index in [4.69, 9.17) is 0 Å². The molecular weight excluding hydrogens is 204 g/mol. The fraction of sp³-hybridized carbons (Fsp3) is 0.909. The Balaban J connectivity index is 2.09. The smallest absolute Gasteiger partial charge is 0.234 e. The molecule has 0 aromatic rings. The Morgan fingerprint density at radius 3 is 2.44 bits per heavy atom. The first-order valence-corrected chi connectivity index (χ1v) is 5.90. The lowest BCUT2D eigenvalue weighted by Crippen LogP contribution is -2.48. The van der Waals surface area contributed by atoms with E-state index in [0.717, 1.165) is 39.3 Å². The normalized spacial score (nSPS) is 19.0. The van der Waals surface area contributed by atoms with E-state index in [-0.39, 0.29) is 5.91 Å². The topological polar surface area (TPSA) is 38.8 Å². The number of piperazine rings is 1. The first-order chi connectivity index (χ1) is 7.58. The maximum Gasteiger partial charge on any atom is 0.234 e. The van der Waals surface area contributed by atoms with Crippen molar-refractivity contribution in [3.8, 4) is 0 Å². The van der Waals surface area contributed by atoms with E-state index in [9.17, 15) is 4.79 Å². The van der Waals surface area contributed by atoms with Gasteiger partial charge in [-0.3, -0.25) is 9.69 Å². The van der Waals surface area contributed by atoms with Gasteiger partial charge in [-0.1, -0.05) is 0 Å². The van der Waals surface area contributed by atoms with Crippen LogP contribution in [0.2, 0.25) is 0 Å². The zero-order valence-electron chi connectivity index (χ0n) is 10.7. The molecule has 0 saturated carbocycles. The van der Waals surface area contributed by atoms with Gasteiger partial charge in [0.15, 0.2) is 0 Å². The molecular formula is C11H24N4O. The fourth-order valence-electron chi connectivity index (χ4n) is 1.68. The van der Waals surface area contributed by atoms with Gasteiger partial charge in [-0.25, -0.2) is 0 Å². The average Bonchev–Trinajstić information content (AvgIpc) is 2.21. The largest absolute Gasteiger partial charge is 0.354 e. The highest BCUT2D eigenvalue weighted by atomic mass is 16.2. The van der Waals surface area contributed by atoms with Crippen LogP contribution in [-0.2, 0) is 4.79 Å². The summed E-state index contributed by atoms with van der Waals surface area (Å²) in [5, 5.41) is 2.94. The minimum absolute atomic E-state index is 0.145. The Morgan fingerprint density at radius 1 is 1.25 bits per heavy atom. The van der Waals surface area contributed by atoms with E-state index in [1.807, 2.05) is 14.1 Å². The molecule has 94 valence electrons. The number of nitrogens with zero attached hydrogens (tertiary/aromatic N) is 3. The Morgan fingerprint density at radius 2 is 1.88 bits per heavy atom. The summed E-state index contributed by atoms with van der Waals surface area (Å²) in [5.41, 5.74) is 0. The molecule has 1 N–H and O–H groups in total. The first kappa shape index (κ1) is 13.4. The van der Waals surface area contributed by atoms with Crippen LogP contribution >= 0.6 is 0 Å². The van der Waals surface area contributed by atoms with Crippen LogP contribution in [-0.4, -0.2) is 87.6 Å². The van der Waals surface area contributed by atoms with E-state index in [1.54, 1.807) is 0 Å². The summed E-state index contributed by atoms with van der Waals surface area (Å²) in [6, 6.07) is 0. The van der Waals surface area contributed by atoms with Crippen molar-refractivity contribution in [2.24, 2.45) is 0 Å². The summed E-state index contributed by atoms with van der Waals surface area (Å²) in [4.78, 5) is 18.2. The lowest BCUT2D eigenvalue weighted by Gasteiger charge is -2.31. The van der Waals surface area contributed by atoms with Crippen LogP contribution in [0.5, 0.6) is 0 Å². The monoisotopic (exact) mass is 228 g/mol. The zero-order chi connectivity index (χ0) is 12.0. The molecule has 1 saturated heterocycles. The highest BCUT2D eigenvalue weighted by Crippen LogP contribution is 1.97. The number of nitrogens with one attached hydrogen (secondary N) is 1. The lowest BCUT2D eigenvalue weighted by atomic mass is 10.3. The van der Waals surface area contributed by atoms with E-state index in [2.05, 4.69) is 27.1 Å². The number of carbonyl (C=O) groups is 1. The summed E-state index contributed by atoms with van der Waals surface area (Å²) in [5.74, 6) is 0.145. The van der Waals surface area contributed by atoms with Gasteiger partial charge in [-0.2, -0.15) is 0 Å². The number of hydrogen-bond acceptors (Lipinski definition) is 4. The minimum Gasteiger partial charge on any atom is -0.354 e. The maximum absolute atomic E-state index is 11.6. The van der Waals surface area contributed by atoms with Crippen molar-refractivity contribution in [2.75, 3.05) is 67.0 Å². The molecule has 1 fully saturated rings. The third-order valence-electron chi connectivity index (χ3n) is 2.84. The van der Waals surface area contributed by atoms with Crippen LogP contribution in [0, 0.1) is 0 Å². The summed E-state index contributed by atoms with van der Waals surface area (Å²) < 4.78 is 0. The van der Waals surface area contributed by atoms with Gasteiger partial charge in [-0.05, 0) is 21.1 Å². The molecule has 1 rings (SSSR count). The molecule has 5 nitrogen and oxygen atoms in total. The van der Waals surface area contributed by atoms with E-state index in [1.165, 1.54) is 0 Å². The van der Waals surface area contributed by atoms with Gasteiger partial charge in [0.05, 0.1) is 6.54 Å². The van der Waals surface area contributed by atoms with Crippen LogP contribution < -0.4 is 5.32 Å². The van der Waals surface area contributed by atoms with Crippen LogP contribution in [0.1, 0.15) is 0 Å². The Kier molecular flexibility index (Phi) is 5.73. The number of rotatable bonds is 5. The molecule has 1 aliphatic heterocycles. The van der Waals surface area contributed by atoms with E-state index >= 15 is 0 Å². The maximum atomic E-state index is 11.6. The number of carbonyl (C=O) groups excluding carboxylic acids is 1. The van der Waals surface area contributed by atoms with Gasteiger partial charge in [-0.15, -0.1) is 0 Å². The summed E-state index contributed by atoms with van der Waals surface area (Å²) >= 11 is 0. The van der Waals surface area contributed by atoms with Crippen molar-refractivity contribution in [3.63, 3.8) is 0 Å². The van der Waals surface area contributed by atoms with E-state index < -0.39 is 0 Å². The van der Waals surface area contributed by atoms with Gasteiger partial charge in [0.1, 0.15) is 0 Å². The number of hydrogen-bond donors (Lipinski definition) is 1. The molecule has 1 aliphatic rings. The second-order valence-corrected chi connectivity index (χ2v) is 4.73. The molecule has 16 heavy (non-hydrogen) atoms. The molecule has 0 bridgehead atoms. The van der Waals surface area contributed by atoms with Crippen molar-refractivity contribution in [1.29, 1.82) is 0 Å². The second kappa shape index (κ2) is 6.83. The molecule has 0 unspecified atom stereocenters. The van der Waals surface area contributed by atoms with Crippen LogP contribution in [0.4, 0.5) is 0 Å². The van der Waals surface area contributed by atoms with E-state index in [0.29, 0.717) is 6.54 Å². The minimum atomic E-state index is 0.145. The highest BCUT2D eigenvalue weighted by molar-refractivity contribution is 5.78. The SMILES string of the molecule is CN(C)CCNC(=O)CN1CCN(C)CC1. The zero-order valence-corrected chi connectivity index (χ0v) is 10.7.